The Bertz CT molecular complexity index is 652. The van der Waals surface area contributed by atoms with Gasteiger partial charge in [-0.15, -0.1) is 0 Å². The van der Waals surface area contributed by atoms with E-state index in [4.69, 9.17) is 16.3 Å². The Kier molecular flexibility index (Phi) is 5.16. The highest BCUT2D eigenvalue weighted by molar-refractivity contribution is 6.40. The maximum absolute atomic E-state index is 12.7. The van der Waals surface area contributed by atoms with Crippen LogP contribution in [0.15, 0.2) is 29.4 Å². The fourth-order valence-corrected chi connectivity index (χ4v) is 3.09. The second kappa shape index (κ2) is 7.32. The largest absolute Gasteiger partial charge is 0.381 e. The van der Waals surface area contributed by atoms with Crippen molar-refractivity contribution in [3.63, 3.8) is 0 Å². The van der Waals surface area contributed by atoms with Crippen LogP contribution < -0.4 is 5.01 Å². The fraction of sp³-hybridized carbons (Fsp3) is 0.471. The highest BCUT2D eigenvalue weighted by Gasteiger charge is 2.30. The molecular formula is C17H20ClN3O3. The van der Waals surface area contributed by atoms with E-state index in [9.17, 15) is 9.59 Å². The molecule has 2 heterocycles. The van der Waals surface area contributed by atoms with E-state index in [1.807, 2.05) is 0 Å². The van der Waals surface area contributed by atoms with E-state index in [0.29, 0.717) is 35.9 Å². The van der Waals surface area contributed by atoms with Crippen LogP contribution in [-0.4, -0.2) is 48.7 Å². The van der Waals surface area contributed by atoms with Crippen molar-refractivity contribution in [1.29, 1.82) is 0 Å². The molecule has 7 heteroatoms. The van der Waals surface area contributed by atoms with Gasteiger partial charge in [0.2, 0.25) is 5.91 Å². The van der Waals surface area contributed by atoms with E-state index in [-0.39, 0.29) is 24.3 Å². The van der Waals surface area contributed by atoms with Gasteiger partial charge in [-0.25, -0.2) is 5.01 Å². The minimum atomic E-state index is -0.119. The van der Waals surface area contributed by atoms with E-state index >= 15 is 0 Å². The second-order valence-electron chi connectivity index (χ2n) is 5.96. The average molecular weight is 350 g/mol. The zero-order valence-corrected chi connectivity index (χ0v) is 14.3. The van der Waals surface area contributed by atoms with Crippen molar-refractivity contribution in [2.24, 2.45) is 5.10 Å². The molecule has 6 nitrogen and oxygen atoms in total. The first-order valence-electron chi connectivity index (χ1n) is 8.06. The number of methoxy groups -OCH3 is 1. The van der Waals surface area contributed by atoms with Gasteiger partial charge in [-0.1, -0.05) is 11.6 Å². The molecule has 1 aromatic carbocycles. The first kappa shape index (κ1) is 16.9. The predicted octanol–water partition coefficient (Wildman–Crippen LogP) is 2.46. The molecule has 0 bridgehead atoms. The van der Waals surface area contributed by atoms with E-state index in [1.54, 1.807) is 36.3 Å². The molecule has 0 spiro atoms. The van der Waals surface area contributed by atoms with Crippen LogP contribution in [0.1, 0.15) is 25.7 Å². The topological polar surface area (TPSA) is 62.2 Å². The zero-order valence-electron chi connectivity index (χ0n) is 13.6. The summed E-state index contributed by atoms with van der Waals surface area (Å²) in [5.41, 5.74) is 1.05. The Labute approximate surface area is 146 Å². The van der Waals surface area contributed by atoms with Gasteiger partial charge in [0.15, 0.2) is 0 Å². The zero-order chi connectivity index (χ0) is 17.1. The van der Waals surface area contributed by atoms with E-state index in [1.165, 1.54) is 5.01 Å². The van der Waals surface area contributed by atoms with Crippen molar-refractivity contribution in [3.05, 3.63) is 29.3 Å². The van der Waals surface area contributed by atoms with Gasteiger partial charge in [-0.05, 0) is 37.1 Å². The third-order valence-corrected chi connectivity index (χ3v) is 4.67. The molecule has 2 amide bonds. The van der Waals surface area contributed by atoms with Gasteiger partial charge in [0.05, 0.1) is 11.8 Å². The normalized spacial score (nSPS) is 19.4. The molecule has 2 aliphatic heterocycles. The molecule has 2 aliphatic rings. The smallest absolute Gasteiger partial charge is 0.270 e. The van der Waals surface area contributed by atoms with Crippen LogP contribution in [-0.2, 0) is 14.3 Å². The Morgan fingerprint density at radius 2 is 1.88 bits per heavy atom. The van der Waals surface area contributed by atoms with Crippen LogP contribution in [0, 0.1) is 0 Å². The van der Waals surface area contributed by atoms with Crippen molar-refractivity contribution >= 4 is 34.8 Å². The van der Waals surface area contributed by atoms with Crippen molar-refractivity contribution in [3.8, 4) is 0 Å². The number of benzene rings is 1. The number of rotatable bonds is 3. The summed E-state index contributed by atoms with van der Waals surface area (Å²) in [4.78, 5) is 26.6. The van der Waals surface area contributed by atoms with Crippen molar-refractivity contribution in [2.75, 3.05) is 25.2 Å². The number of hydrogen-bond acceptors (Lipinski definition) is 4. The predicted molar refractivity (Wildman–Crippen MR) is 92.2 cm³/mol. The van der Waals surface area contributed by atoms with Crippen LogP contribution in [0.4, 0.5) is 5.69 Å². The number of hydrazone groups is 1. The first-order chi connectivity index (χ1) is 11.6. The molecule has 128 valence electrons. The van der Waals surface area contributed by atoms with Crippen LogP contribution in [0.5, 0.6) is 0 Å². The van der Waals surface area contributed by atoms with Crippen molar-refractivity contribution in [1.82, 2.24) is 4.90 Å². The minimum Gasteiger partial charge on any atom is -0.381 e. The third kappa shape index (κ3) is 3.60. The fourth-order valence-electron chi connectivity index (χ4n) is 2.97. The monoisotopic (exact) mass is 349 g/mol. The summed E-state index contributed by atoms with van der Waals surface area (Å²) in [5.74, 6) is -0.206. The molecule has 0 N–H and O–H groups in total. The lowest BCUT2D eigenvalue weighted by Gasteiger charge is -2.32. The van der Waals surface area contributed by atoms with Gasteiger partial charge >= 0.3 is 0 Å². The summed E-state index contributed by atoms with van der Waals surface area (Å²) in [6, 6.07) is 6.85. The number of nitrogens with zero attached hydrogens (tertiary/aromatic N) is 3. The Morgan fingerprint density at radius 1 is 1.21 bits per heavy atom. The summed E-state index contributed by atoms with van der Waals surface area (Å²) < 4.78 is 5.33. The van der Waals surface area contributed by atoms with E-state index in [2.05, 4.69) is 5.10 Å². The van der Waals surface area contributed by atoms with Crippen LogP contribution >= 0.6 is 11.6 Å². The lowest BCUT2D eigenvalue weighted by molar-refractivity contribution is -0.126. The van der Waals surface area contributed by atoms with Gasteiger partial charge in [0, 0.05) is 38.1 Å². The summed E-state index contributed by atoms with van der Waals surface area (Å²) >= 11 is 5.88. The molecule has 1 saturated heterocycles. The third-order valence-electron chi connectivity index (χ3n) is 4.41. The minimum absolute atomic E-state index is 0.0870. The molecule has 0 aliphatic carbocycles. The first-order valence-corrected chi connectivity index (χ1v) is 8.44. The number of anilines is 1. The lowest BCUT2D eigenvalue weighted by atomic mass is 10.1. The van der Waals surface area contributed by atoms with Gasteiger partial charge in [-0.3, -0.25) is 9.59 Å². The molecule has 0 unspecified atom stereocenters. The quantitative estimate of drug-likeness (QED) is 0.842. The van der Waals surface area contributed by atoms with Crippen LogP contribution in [0.2, 0.25) is 5.02 Å². The standard InChI is InChI=1S/C17H20ClN3O3/c1-24-14-8-10-20(11-9-14)17(23)15-6-7-16(22)21(19-15)13-4-2-12(18)3-5-13/h2-5,14H,6-11H2,1H3. The number of amides is 2. The number of likely N-dealkylation sites (tertiary alicyclic amines) is 1. The number of carbonyl (C=O) groups is 2. The Morgan fingerprint density at radius 3 is 2.50 bits per heavy atom. The number of piperidine rings is 1. The van der Waals surface area contributed by atoms with E-state index < -0.39 is 0 Å². The summed E-state index contributed by atoms with van der Waals surface area (Å²) in [6.45, 7) is 1.32. The highest BCUT2D eigenvalue weighted by atomic mass is 35.5. The summed E-state index contributed by atoms with van der Waals surface area (Å²) in [6.07, 6.45) is 2.53. The molecule has 0 saturated carbocycles. The van der Waals surface area contributed by atoms with Crippen molar-refractivity contribution in [2.45, 2.75) is 31.8 Å². The van der Waals surface area contributed by atoms with Gasteiger partial charge in [0.1, 0.15) is 5.71 Å². The molecule has 24 heavy (non-hydrogen) atoms. The highest BCUT2D eigenvalue weighted by Crippen LogP contribution is 2.23. The second-order valence-corrected chi connectivity index (χ2v) is 6.39. The number of halogens is 1. The molecule has 1 fully saturated rings. The Balaban J connectivity index is 1.75. The van der Waals surface area contributed by atoms with Crippen molar-refractivity contribution < 1.29 is 14.3 Å². The van der Waals surface area contributed by atoms with Crippen LogP contribution in [0.25, 0.3) is 0 Å². The number of carbonyl (C=O) groups excluding carboxylic acids is 2. The van der Waals surface area contributed by atoms with Gasteiger partial charge < -0.3 is 9.64 Å². The lowest BCUT2D eigenvalue weighted by Crippen LogP contribution is -2.46. The maximum Gasteiger partial charge on any atom is 0.270 e. The number of hydrogen-bond donors (Lipinski definition) is 0. The van der Waals surface area contributed by atoms with Crippen LogP contribution in [0.3, 0.4) is 0 Å². The molecule has 0 aromatic heterocycles. The number of ether oxygens (including phenoxy) is 1. The Hall–Kier alpha value is -1.92. The van der Waals surface area contributed by atoms with Gasteiger partial charge in [-0.2, -0.15) is 5.10 Å². The van der Waals surface area contributed by atoms with E-state index in [0.717, 1.165) is 12.8 Å². The summed E-state index contributed by atoms with van der Waals surface area (Å²) in [7, 11) is 1.70. The maximum atomic E-state index is 12.7. The molecule has 0 radical (unpaired) electrons. The average Bonchev–Trinajstić information content (AvgIpc) is 2.62. The molecule has 0 atom stereocenters. The SMILES string of the molecule is COC1CCN(C(=O)C2=NN(c3ccc(Cl)cc3)C(=O)CC2)CC1. The summed E-state index contributed by atoms with van der Waals surface area (Å²) in [5, 5.41) is 6.20. The molecular weight excluding hydrogens is 330 g/mol. The van der Waals surface area contributed by atoms with Gasteiger partial charge in [0.25, 0.3) is 5.91 Å². The molecule has 1 aromatic rings. The molecule has 3 rings (SSSR count).